The fourth-order valence-electron chi connectivity index (χ4n) is 1.33. The lowest BCUT2D eigenvalue weighted by atomic mass is 10.1. The van der Waals surface area contributed by atoms with Crippen LogP contribution in [-0.2, 0) is 0 Å². The van der Waals surface area contributed by atoms with Gasteiger partial charge in [0.05, 0.1) is 5.69 Å². The van der Waals surface area contributed by atoms with Crippen molar-refractivity contribution in [1.29, 1.82) is 0 Å². The van der Waals surface area contributed by atoms with E-state index in [1.54, 1.807) is 0 Å². The van der Waals surface area contributed by atoms with Gasteiger partial charge in [-0.25, -0.2) is 0 Å². The third kappa shape index (κ3) is 2.67. The lowest BCUT2D eigenvalue weighted by molar-refractivity contribution is 0.929. The molecule has 2 N–H and O–H groups in total. The molecule has 0 saturated carbocycles. The van der Waals surface area contributed by atoms with Crippen molar-refractivity contribution >= 4 is 6.08 Å². The zero-order valence-electron chi connectivity index (χ0n) is 9.33. The Balaban J connectivity index is 3.08. The van der Waals surface area contributed by atoms with Gasteiger partial charge in [-0.2, -0.15) is 0 Å². The van der Waals surface area contributed by atoms with Gasteiger partial charge in [-0.3, -0.25) is 4.98 Å². The van der Waals surface area contributed by atoms with Crippen molar-refractivity contribution in [2.24, 2.45) is 5.73 Å². The highest BCUT2D eigenvalue weighted by atomic mass is 14.7. The second-order valence-corrected chi connectivity index (χ2v) is 3.81. The van der Waals surface area contributed by atoms with E-state index in [4.69, 9.17) is 5.73 Å². The zero-order valence-corrected chi connectivity index (χ0v) is 9.33. The standard InChI is InChI=1S/C12H18N2/c1-8-7-10(3)14-12(11(8)4)6-5-9(2)13/h5-7,9H,13H2,1-4H3/b6-5-. The molecular formula is C12H18N2. The van der Waals surface area contributed by atoms with Crippen LogP contribution in [0, 0.1) is 20.8 Å². The quantitative estimate of drug-likeness (QED) is 0.777. The maximum Gasteiger partial charge on any atom is 0.0662 e. The van der Waals surface area contributed by atoms with Crippen molar-refractivity contribution in [3.8, 4) is 0 Å². The number of nitrogens with zero attached hydrogens (tertiary/aromatic N) is 1. The van der Waals surface area contributed by atoms with Crippen LogP contribution < -0.4 is 5.73 Å². The normalized spacial score (nSPS) is 13.5. The van der Waals surface area contributed by atoms with Crippen molar-refractivity contribution in [2.45, 2.75) is 33.7 Å². The number of hydrogen-bond donors (Lipinski definition) is 1. The summed E-state index contributed by atoms with van der Waals surface area (Å²) >= 11 is 0. The molecule has 0 fully saturated rings. The van der Waals surface area contributed by atoms with E-state index in [0.29, 0.717) is 0 Å². The van der Waals surface area contributed by atoms with E-state index in [1.807, 2.05) is 26.0 Å². The van der Waals surface area contributed by atoms with Gasteiger partial charge in [0.1, 0.15) is 0 Å². The minimum atomic E-state index is 0.0806. The summed E-state index contributed by atoms with van der Waals surface area (Å²) in [5.41, 5.74) is 10.2. The first-order valence-corrected chi connectivity index (χ1v) is 4.89. The molecule has 76 valence electrons. The average molecular weight is 190 g/mol. The molecule has 1 atom stereocenters. The molecule has 0 aliphatic carbocycles. The topological polar surface area (TPSA) is 38.9 Å². The Morgan fingerprint density at radius 3 is 2.57 bits per heavy atom. The van der Waals surface area contributed by atoms with Gasteiger partial charge < -0.3 is 5.73 Å². The molecule has 14 heavy (non-hydrogen) atoms. The largest absolute Gasteiger partial charge is 0.325 e. The van der Waals surface area contributed by atoms with Crippen LogP contribution in [0.3, 0.4) is 0 Å². The first-order chi connectivity index (χ1) is 6.50. The van der Waals surface area contributed by atoms with E-state index in [9.17, 15) is 0 Å². The predicted molar refractivity (Wildman–Crippen MR) is 61.1 cm³/mol. The second kappa shape index (κ2) is 4.38. The predicted octanol–water partition coefficient (Wildman–Crippen LogP) is 2.37. The molecule has 0 spiro atoms. The Morgan fingerprint density at radius 1 is 1.36 bits per heavy atom. The van der Waals surface area contributed by atoms with Crippen LogP contribution in [0.1, 0.15) is 29.4 Å². The number of hydrogen-bond acceptors (Lipinski definition) is 2. The van der Waals surface area contributed by atoms with Crippen molar-refractivity contribution in [3.63, 3.8) is 0 Å². The lowest BCUT2D eigenvalue weighted by Gasteiger charge is -2.06. The molecule has 0 saturated heterocycles. The minimum Gasteiger partial charge on any atom is -0.325 e. The SMILES string of the molecule is Cc1cc(C)c(C)c(/C=C\C(C)N)n1. The van der Waals surface area contributed by atoms with Gasteiger partial charge in [0.25, 0.3) is 0 Å². The third-order valence-corrected chi connectivity index (χ3v) is 2.26. The summed E-state index contributed by atoms with van der Waals surface area (Å²) in [6, 6.07) is 2.18. The van der Waals surface area contributed by atoms with Crippen LogP contribution in [0.25, 0.3) is 6.08 Å². The Morgan fingerprint density at radius 2 is 2.00 bits per heavy atom. The summed E-state index contributed by atoms with van der Waals surface area (Å²) in [5.74, 6) is 0. The maximum absolute atomic E-state index is 5.65. The van der Waals surface area contributed by atoms with Crippen LogP contribution in [-0.4, -0.2) is 11.0 Å². The minimum absolute atomic E-state index is 0.0806. The number of rotatable bonds is 2. The van der Waals surface area contributed by atoms with Crippen LogP contribution in [0.5, 0.6) is 0 Å². The third-order valence-electron chi connectivity index (χ3n) is 2.26. The number of pyridine rings is 1. The molecule has 1 heterocycles. The van der Waals surface area contributed by atoms with E-state index in [1.165, 1.54) is 11.1 Å². The van der Waals surface area contributed by atoms with E-state index in [0.717, 1.165) is 11.4 Å². The van der Waals surface area contributed by atoms with E-state index >= 15 is 0 Å². The lowest BCUT2D eigenvalue weighted by Crippen LogP contribution is -2.10. The summed E-state index contributed by atoms with van der Waals surface area (Å²) < 4.78 is 0. The fraction of sp³-hybridized carbons (Fsp3) is 0.417. The Kier molecular flexibility index (Phi) is 3.42. The molecule has 0 amide bonds. The van der Waals surface area contributed by atoms with E-state index in [2.05, 4.69) is 24.9 Å². The molecular weight excluding hydrogens is 172 g/mol. The highest BCUT2D eigenvalue weighted by Crippen LogP contribution is 2.13. The first-order valence-electron chi connectivity index (χ1n) is 4.89. The fourth-order valence-corrected chi connectivity index (χ4v) is 1.33. The summed E-state index contributed by atoms with van der Waals surface area (Å²) in [6.07, 6.45) is 3.97. The van der Waals surface area contributed by atoms with Gasteiger partial charge in [-0.05, 0) is 51.0 Å². The van der Waals surface area contributed by atoms with Crippen LogP contribution in [0.4, 0.5) is 0 Å². The summed E-state index contributed by atoms with van der Waals surface area (Å²) in [4.78, 5) is 4.46. The number of nitrogens with two attached hydrogens (primary N) is 1. The number of aryl methyl sites for hydroxylation is 2. The first kappa shape index (κ1) is 10.9. The van der Waals surface area contributed by atoms with Crippen LogP contribution in [0.2, 0.25) is 0 Å². The summed E-state index contributed by atoms with van der Waals surface area (Å²) in [5, 5.41) is 0. The van der Waals surface area contributed by atoms with Gasteiger partial charge in [0.15, 0.2) is 0 Å². The highest BCUT2D eigenvalue weighted by molar-refractivity contribution is 5.52. The Bertz CT molecular complexity index is 352. The van der Waals surface area contributed by atoms with Gasteiger partial charge >= 0.3 is 0 Å². The van der Waals surface area contributed by atoms with Gasteiger partial charge in [-0.15, -0.1) is 0 Å². The molecule has 0 aliphatic heterocycles. The van der Waals surface area contributed by atoms with E-state index in [-0.39, 0.29) is 6.04 Å². The molecule has 1 aromatic rings. The molecule has 0 radical (unpaired) electrons. The zero-order chi connectivity index (χ0) is 10.7. The molecule has 1 unspecified atom stereocenters. The van der Waals surface area contributed by atoms with E-state index < -0.39 is 0 Å². The molecule has 1 aromatic heterocycles. The summed E-state index contributed by atoms with van der Waals surface area (Å²) in [7, 11) is 0. The Hall–Kier alpha value is -1.15. The summed E-state index contributed by atoms with van der Waals surface area (Å²) in [6.45, 7) is 8.15. The molecule has 2 nitrogen and oxygen atoms in total. The second-order valence-electron chi connectivity index (χ2n) is 3.81. The van der Waals surface area contributed by atoms with Crippen molar-refractivity contribution in [1.82, 2.24) is 4.98 Å². The van der Waals surface area contributed by atoms with Crippen LogP contribution >= 0.6 is 0 Å². The molecule has 0 aliphatic rings. The van der Waals surface area contributed by atoms with Crippen molar-refractivity contribution < 1.29 is 0 Å². The highest BCUT2D eigenvalue weighted by Gasteiger charge is 2.01. The smallest absolute Gasteiger partial charge is 0.0662 e. The average Bonchev–Trinajstić information content (AvgIpc) is 2.08. The van der Waals surface area contributed by atoms with Gasteiger partial charge in [0.2, 0.25) is 0 Å². The van der Waals surface area contributed by atoms with Crippen molar-refractivity contribution in [3.05, 3.63) is 34.7 Å². The molecule has 1 rings (SSSR count). The number of aromatic nitrogens is 1. The van der Waals surface area contributed by atoms with Gasteiger partial charge in [-0.1, -0.05) is 6.08 Å². The maximum atomic E-state index is 5.65. The van der Waals surface area contributed by atoms with Crippen molar-refractivity contribution in [2.75, 3.05) is 0 Å². The van der Waals surface area contributed by atoms with Crippen LogP contribution in [0.15, 0.2) is 12.1 Å². The Labute approximate surface area is 85.9 Å². The van der Waals surface area contributed by atoms with Gasteiger partial charge in [0, 0.05) is 11.7 Å². The molecule has 0 bridgehead atoms. The molecule has 2 heteroatoms. The monoisotopic (exact) mass is 190 g/mol. The molecule has 0 aromatic carbocycles.